The van der Waals surface area contributed by atoms with Crippen molar-refractivity contribution in [1.82, 2.24) is 9.55 Å². The van der Waals surface area contributed by atoms with Gasteiger partial charge in [0.05, 0.1) is 31.4 Å². The van der Waals surface area contributed by atoms with E-state index in [9.17, 15) is 0 Å². The number of hydrogen-bond acceptors (Lipinski definition) is 4. The molecule has 1 aromatic rings. The molecule has 15 heavy (non-hydrogen) atoms. The quantitative estimate of drug-likeness (QED) is 0.786. The Morgan fingerprint density at radius 3 is 2.93 bits per heavy atom. The Morgan fingerprint density at radius 1 is 1.67 bits per heavy atom. The molecule has 0 saturated heterocycles. The van der Waals surface area contributed by atoms with Crippen LogP contribution < -0.4 is 0 Å². The van der Waals surface area contributed by atoms with Gasteiger partial charge >= 0.3 is 0 Å². The number of aliphatic hydroxyl groups is 1. The van der Waals surface area contributed by atoms with Crippen molar-refractivity contribution in [3.8, 4) is 6.07 Å². The molecule has 1 heterocycles. The Hall–Kier alpha value is -1.38. The SMILES string of the molecule is CC(C)n1cncc1C(C#N)OCCO. The minimum atomic E-state index is -0.665. The Morgan fingerprint density at radius 2 is 2.40 bits per heavy atom. The average Bonchev–Trinajstić information content (AvgIpc) is 2.68. The second-order valence-electron chi connectivity index (χ2n) is 3.42. The summed E-state index contributed by atoms with van der Waals surface area (Å²) in [5, 5.41) is 17.6. The fourth-order valence-corrected chi connectivity index (χ4v) is 1.31. The van der Waals surface area contributed by atoms with Gasteiger partial charge in [0.15, 0.2) is 6.10 Å². The summed E-state index contributed by atoms with van der Waals surface area (Å²) in [5.41, 5.74) is 0.723. The predicted octanol–water partition coefficient (Wildman–Crippen LogP) is 1.04. The first kappa shape index (κ1) is 11.7. The van der Waals surface area contributed by atoms with E-state index in [1.807, 2.05) is 24.5 Å². The molecule has 0 amide bonds. The molecule has 5 nitrogen and oxygen atoms in total. The molecule has 1 rings (SSSR count). The van der Waals surface area contributed by atoms with Crippen LogP contribution in [0.25, 0.3) is 0 Å². The maximum absolute atomic E-state index is 8.93. The first-order chi connectivity index (χ1) is 7.20. The minimum absolute atomic E-state index is 0.0893. The smallest absolute Gasteiger partial charge is 0.185 e. The first-order valence-corrected chi connectivity index (χ1v) is 4.84. The fraction of sp³-hybridized carbons (Fsp3) is 0.600. The van der Waals surface area contributed by atoms with Gasteiger partial charge in [-0.2, -0.15) is 5.26 Å². The topological polar surface area (TPSA) is 71.1 Å². The van der Waals surface area contributed by atoms with Gasteiger partial charge in [-0.15, -0.1) is 0 Å². The van der Waals surface area contributed by atoms with Crippen LogP contribution in [0.3, 0.4) is 0 Å². The van der Waals surface area contributed by atoms with Crippen LogP contribution in [-0.4, -0.2) is 27.9 Å². The molecule has 5 heteroatoms. The highest BCUT2D eigenvalue weighted by atomic mass is 16.5. The molecule has 1 atom stereocenters. The molecule has 0 aromatic carbocycles. The van der Waals surface area contributed by atoms with E-state index in [1.165, 1.54) is 0 Å². The van der Waals surface area contributed by atoms with Crippen molar-refractivity contribution >= 4 is 0 Å². The van der Waals surface area contributed by atoms with Gasteiger partial charge in [0.25, 0.3) is 0 Å². The van der Waals surface area contributed by atoms with Crippen LogP contribution in [0.2, 0.25) is 0 Å². The molecule has 82 valence electrons. The van der Waals surface area contributed by atoms with Gasteiger partial charge in [0.2, 0.25) is 0 Å². The molecule has 0 aliphatic heterocycles. The summed E-state index contributed by atoms with van der Waals surface area (Å²) in [7, 11) is 0. The zero-order chi connectivity index (χ0) is 11.3. The third kappa shape index (κ3) is 2.78. The molecule has 0 radical (unpaired) electrons. The zero-order valence-corrected chi connectivity index (χ0v) is 8.92. The number of imidazole rings is 1. The molecule has 1 N–H and O–H groups in total. The first-order valence-electron chi connectivity index (χ1n) is 4.84. The summed E-state index contributed by atoms with van der Waals surface area (Å²) >= 11 is 0. The number of nitrogens with zero attached hydrogens (tertiary/aromatic N) is 3. The summed E-state index contributed by atoms with van der Waals surface area (Å²) in [6.45, 7) is 4.08. The van der Waals surface area contributed by atoms with E-state index in [0.717, 1.165) is 5.69 Å². The van der Waals surface area contributed by atoms with Crippen molar-refractivity contribution < 1.29 is 9.84 Å². The lowest BCUT2D eigenvalue weighted by Crippen LogP contribution is -2.12. The number of nitriles is 1. The lowest BCUT2D eigenvalue weighted by Gasteiger charge is -2.15. The molecule has 0 bridgehead atoms. The second-order valence-corrected chi connectivity index (χ2v) is 3.42. The van der Waals surface area contributed by atoms with Gasteiger partial charge in [-0.1, -0.05) is 0 Å². The van der Waals surface area contributed by atoms with Crippen LogP contribution >= 0.6 is 0 Å². The molecule has 0 fully saturated rings. The summed E-state index contributed by atoms with van der Waals surface area (Å²) in [4.78, 5) is 3.99. The standard InChI is InChI=1S/C10H15N3O2/c1-8(2)13-7-12-6-9(13)10(5-11)15-4-3-14/h6-8,10,14H,3-4H2,1-2H3. The van der Waals surface area contributed by atoms with Crippen molar-refractivity contribution in [2.45, 2.75) is 26.0 Å². The van der Waals surface area contributed by atoms with Crippen LogP contribution in [0.5, 0.6) is 0 Å². The van der Waals surface area contributed by atoms with Gasteiger partial charge in [-0.25, -0.2) is 4.98 Å². The Labute approximate surface area is 88.9 Å². The number of hydrogen-bond donors (Lipinski definition) is 1. The lowest BCUT2D eigenvalue weighted by atomic mass is 10.2. The molecule has 1 aromatic heterocycles. The molecule has 0 aliphatic carbocycles. The molecule has 0 aliphatic rings. The summed E-state index contributed by atoms with van der Waals surface area (Å²) in [6.07, 6.45) is 2.62. The van der Waals surface area contributed by atoms with Crippen LogP contribution in [0.4, 0.5) is 0 Å². The Kier molecular flexibility index (Phi) is 4.28. The van der Waals surface area contributed by atoms with E-state index < -0.39 is 6.10 Å². The van der Waals surface area contributed by atoms with Gasteiger partial charge in [-0.3, -0.25) is 0 Å². The number of ether oxygens (including phenoxy) is 1. The van der Waals surface area contributed by atoms with Crippen LogP contribution in [0.15, 0.2) is 12.5 Å². The van der Waals surface area contributed by atoms with Gasteiger partial charge < -0.3 is 14.4 Å². The normalized spacial score (nSPS) is 12.7. The van der Waals surface area contributed by atoms with E-state index in [0.29, 0.717) is 0 Å². The highest BCUT2D eigenvalue weighted by molar-refractivity contribution is 5.11. The average molecular weight is 209 g/mol. The Bertz CT molecular complexity index is 341. The third-order valence-corrected chi connectivity index (χ3v) is 2.01. The molecule has 0 saturated carbocycles. The number of rotatable bonds is 5. The lowest BCUT2D eigenvalue weighted by molar-refractivity contribution is 0.0537. The van der Waals surface area contributed by atoms with Crippen LogP contribution in [0, 0.1) is 11.3 Å². The monoisotopic (exact) mass is 209 g/mol. The number of aromatic nitrogens is 2. The van der Waals surface area contributed by atoms with E-state index in [1.54, 1.807) is 12.5 Å². The third-order valence-electron chi connectivity index (χ3n) is 2.01. The Balaban J connectivity index is 2.83. The van der Waals surface area contributed by atoms with Gasteiger partial charge in [0, 0.05) is 6.04 Å². The van der Waals surface area contributed by atoms with Gasteiger partial charge in [-0.05, 0) is 13.8 Å². The van der Waals surface area contributed by atoms with E-state index in [4.69, 9.17) is 15.1 Å². The fourth-order valence-electron chi connectivity index (χ4n) is 1.31. The summed E-state index contributed by atoms with van der Waals surface area (Å²) in [6, 6.07) is 2.27. The molecular weight excluding hydrogens is 194 g/mol. The summed E-state index contributed by atoms with van der Waals surface area (Å²) in [5.74, 6) is 0. The van der Waals surface area contributed by atoms with Crippen molar-refractivity contribution in [3.63, 3.8) is 0 Å². The second kappa shape index (κ2) is 5.49. The van der Waals surface area contributed by atoms with Crippen molar-refractivity contribution in [2.24, 2.45) is 0 Å². The van der Waals surface area contributed by atoms with E-state index in [2.05, 4.69) is 4.98 Å². The van der Waals surface area contributed by atoms with Crippen molar-refractivity contribution in [1.29, 1.82) is 5.26 Å². The number of aliphatic hydroxyl groups excluding tert-OH is 1. The van der Waals surface area contributed by atoms with Crippen LogP contribution in [0.1, 0.15) is 31.7 Å². The molecule has 0 spiro atoms. The maximum atomic E-state index is 8.93. The van der Waals surface area contributed by atoms with E-state index >= 15 is 0 Å². The van der Waals surface area contributed by atoms with Crippen molar-refractivity contribution in [3.05, 3.63) is 18.2 Å². The predicted molar refractivity (Wildman–Crippen MR) is 54.0 cm³/mol. The van der Waals surface area contributed by atoms with Crippen LogP contribution in [-0.2, 0) is 4.74 Å². The maximum Gasteiger partial charge on any atom is 0.185 e. The molecule has 1 unspecified atom stereocenters. The summed E-state index contributed by atoms with van der Waals surface area (Å²) < 4.78 is 7.08. The minimum Gasteiger partial charge on any atom is -0.394 e. The van der Waals surface area contributed by atoms with E-state index in [-0.39, 0.29) is 19.3 Å². The van der Waals surface area contributed by atoms with Crippen molar-refractivity contribution in [2.75, 3.05) is 13.2 Å². The van der Waals surface area contributed by atoms with Gasteiger partial charge in [0.1, 0.15) is 6.07 Å². The molecular formula is C10H15N3O2. The highest BCUT2D eigenvalue weighted by Gasteiger charge is 2.16. The zero-order valence-electron chi connectivity index (χ0n) is 8.92. The largest absolute Gasteiger partial charge is 0.394 e. The highest BCUT2D eigenvalue weighted by Crippen LogP contribution is 2.19.